The second-order valence-electron chi connectivity index (χ2n) is 5.62. The molecule has 0 saturated carbocycles. The lowest BCUT2D eigenvalue weighted by Crippen LogP contribution is -2.46. The number of hydrogen-bond acceptors (Lipinski definition) is 4. The Kier molecular flexibility index (Phi) is 5.36. The molecule has 0 aliphatic carbocycles. The molecule has 2 rings (SSSR count). The standard InChI is InChI=1S/C15H22N4O4/c1-3-12(20)19-8-4-5-11(19)13(21)16-7-6-10-9-17-15(23)18(2)14(10)22/h9,11H,3-8H2,1-2H3,(H,16,21)(H,17,23)/t11-/m0/s1. The van der Waals surface area contributed by atoms with Crippen molar-refractivity contribution in [1.82, 2.24) is 19.8 Å². The number of aromatic amines is 1. The summed E-state index contributed by atoms with van der Waals surface area (Å²) in [7, 11) is 1.40. The minimum atomic E-state index is -0.470. The van der Waals surface area contributed by atoms with Crippen molar-refractivity contribution in [2.75, 3.05) is 13.1 Å². The zero-order valence-corrected chi connectivity index (χ0v) is 13.4. The molecule has 1 aliphatic heterocycles. The fourth-order valence-electron chi connectivity index (χ4n) is 2.77. The topological polar surface area (TPSA) is 104 Å². The van der Waals surface area contributed by atoms with Gasteiger partial charge in [0.05, 0.1) is 0 Å². The average molecular weight is 322 g/mol. The molecule has 1 saturated heterocycles. The molecular weight excluding hydrogens is 300 g/mol. The van der Waals surface area contributed by atoms with Crippen molar-refractivity contribution in [3.63, 3.8) is 0 Å². The Hall–Kier alpha value is -2.38. The minimum absolute atomic E-state index is 0.0165. The van der Waals surface area contributed by atoms with E-state index >= 15 is 0 Å². The van der Waals surface area contributed by atoms with Crippen LogP contribution in [0, 0.1) is 0 Å². The van der Waals surface area contributed by atoms with Gasteiger partial charge in [-0.05, 0) is 19.3 Å². The molecule has 126 valence electrons. The van der Waals surface area contributed by atoms with E-state index in [1.165, 1.54) is 13.2 Å². The first-order valence-corrected chi connectivity index (χ1v) is 7.80. The monoisotopic (exact) mass is 322 g/mol. The molecule has 8 nitrogen and oxygen atoms in total. The van der Waals surface area contributed by atoms with Crippen molar-refractivity contribution >= 4 is 11.8 Å². The van der Waals surface area contributed by atoms with Crippen molar-refractivity contribution in [1.29, 1.82) is 0 Å². The van der Waals surface area contributed by atoms with Gasteiger partial charge in [0.1, 0.15) is 6.04 Å². The van der Waals surface area contributed by atoms with E-state index in [0.29, 0.717) is 31.4 Å². The maximum Gasteiger partial charge on any atom is 0.328 e. The van der Waals surface area contributed by atoms with Gasteiger partial charge >= 0.3 is 5.69 Å². The van der Waals surface area contributed by atoms with Crippen LogP contribution in [0.25, 0.3) is 0 Å². The third kappa shape index (κ3) is 3.69. The van der Waals surface area contributed by atoms with Crippen LogP contribution in [-0.4, -0.2) is 45.4 Å². The molecule has 2 heterocycles. The molecule has 1 aromatic rings. The highest BCUT2D eigenvalue weighted by Crippen LogP contribution is 2.18. The van der Waals surface area contributed by atoms with Crippen LogP contribution >= 0.6 is 0 Å². The summed E-state index contributed by atoms with van der Waals surface area (Å²) in [5.74, 6) is -0.206. The first-order valence-electron chi connectivity index (χ1n) is 7.80. The van der Waals surface area contributed by atoms with Gasteiger partial charge in [0, 0.05) is 38.3 Å². The third-order valence-electron chi connectivity index (χ3n) is 4.13. The molecular formula is C15H22N4O4. The summed E-state index contributed by atoms with van der Waals surface area (Å²) in [4.78, 5) is 51.3. The van der Waals surface area contributed by atoms with E-state index in [9.17, 15) is 19.2 Å². The van der Waals surface area contributed by atoms with E-state index in [1.807, 2.05) is 0 Å². The van der Waals surface area contributed by atoms with Crippen LogP contribution in [0.5, 0.6) is 0 Å². The summed E-state index contributed by atoms with van der Waals surface area (Å²) in [6.45, 7) is 2.68. The summed E-state index contributed by atoms with van der Waals surface area (Å²) < 4.78 is 0.996. The molecule has 8 heteroatoms. The van der Waals surface area contributed by atoms with Gasteiger partial charge in [0.2, 0.25) is 11.8 Å². The zero-order valence-electron chi connectivity index (χ0n) is 13.4. The number of amides is 2. The molecule has 0 bridgehead atoms. The van der Waals surface area contributed by atoms with E-state index < -0.39 is 11.7 Å². The number of H-pyrrole nitrogens is 1. The Bertz CT molecular complexity index is 706. The molecule has 1 aliphatic rings. The molecule has 0 spiro atoms. The lowest BCUT2D eigenvalue weighted by molar-refractivity contribution is -0.138. The number of hydrogen-bond donors (Lipinski definition) is 2. The molecule has 0 aromatic carbocycles. The first-order chi connectivity index (χ1) is 11.0. The molecule has 1 aromatic heterocycles. The van der Waals surface area contributed by atoms with Crippen LogP contribution in [0.3, 0.4) is 0 Å². The fourth-order valence-corrected chi connectivity index (χ4v) is 2.77. The largest absolute Gasteiger partial charge is 0.354 e. The van der Waals surface area contributed by atoms with Crippen LogP contribution in [-0.2, 0) is 23.1 Å². The molecule has 0 unspecified atom stereocenters. The summed E-state index contributed by atoms with van der Waals surface area (Å²) in [6.07, 6.45) is 3.57. The van der Waals surface area contributed by atoms with Crippen molar-refractivity contribution in [3.8, 4) is 0 Å². The molecule has 2 amide bonds. The normalized spacial score (nSPS) is 17.3. The van der Waals surface area contributed by atoms with Gasteiger partial charge in [0.25, 0.3) is 5.56 Å². The van der Waals surface area contributed by atoms with Crippen LogP contribution in [0.4, 0.5) is 0 Å². The predicted octanol–water partition coefficient (Wildman–Crippen LogP) is -0.867. The van der Waals surface area contributed by atoms with Gasteiger partial charge in [-0.15, -0.1) is 0 Å². The van der Waals surface area contributed by atoms with E-state index in [2.05, 4.69) is 10.3 Å². The second-order valence-corrected chi connectivity index (χ2v) is 5.62. The first kappa shape index (κ1) is 17.0. The number of carbonyl (C=O) groups is 2. The smallest absolute Gasteiger partial charge is 0.328 e. The maximum atomic E-state index is 12.2. The molecule has 1 atom stereocenters. The summed E-state index contributed by atoms with van der Waals surface area (Å²) >= 11 is 0. The zero-order chi connectivity index (χ0) is 17.0. The Balaban J connectivity index is 1.93. The van der Waals surface area contributed by atoms with Crippen LogP contribution in [0.2, 0.25) is 0 Å². The summed E-state index contributed by atoms with van der Waals surface area (Å²) in [5.41, 5.74) is -0.408. The maximum absolute atomic E-state index is 12.2. The van der Waals surface area contributed by atoms with Crippen LogP contribution in [0.1, 0.15) is 31.7 Å². The Morgan fingerprint density at radius 2 is 2.13 bits per heavy atom. The van der Waals surface area contributed by atoms with Gasteiger partial charge in [-0.25, -0.2) is 4.79 Å². The molecule has 23 heavy (non-hydrogen) atoms. The van der Waals surface area contributed by atoms with Gasteiger partial charge in [0.15, 0.2) is 0 Å². The Labute approximate surface area is 133 Å². The summed E-state index contributed by atoms with van der Waals surface area (Å²) in [5, 5.41) is 2.77. The van der Waals surface area contributed by atoms with Crippen molar-refractivity contribution in [3.05, 3.63) is 32.6 Å². The van der Waals surface area contributed by atoms with Gasteiger partial charge in [-0.2, -0.15) is 0 Å². The average Bonchev–Trinajstić information content (AvgIpc) is 3.03. The van der Waals surface area contributed by atoms with Gasteiger partial charge in [-0.1, -0.05) is 6.92 Å². The lowest BCUT2D eigenvalue weighted by Gasteiger charge is -2.23. The Morgan fingerprint density at radius 3 is 2.83 bits per heavy atom. The van der Waals surface area contributed by atoms with Gasteiger partial charge < -0.3 is 15.2 Å². The van der Waals surface area contributed by atoms with Crippen molar-refractivity contribution in [2.24, 2.45) is 7.05 Å². The minimum Gasteiger partial charge on any atom is -0.354 e. The predicted molar refractivity (Wildman–Crippen MR) is 84.0 cm³/mol. The third-order valence-corrected chi connectivity index (χ3v) is 4.13. The molecule has 1 fully saturated rings. The van der Waals surface area contributed by atoms with E-state index in [0.717, 1.165) is 11.0 Å². The van der Waals surface area contributed by atoms with E-state index in [4.69, 9.17) is 0 Å². The number of rotatable bonds is 5. The quantitative estimate of drug-likeness (QED) is 0.735. The molecule has 2 N–H and O–H groups in total. The number of nitrogens with one attached hydrogen (secondary N) is 2. The SMILES string of the molecule is CCC(=O)N1CCC[C@H]1C(=O)NCCc1c[nH]c(=O)n(C)c1=O. The second kappa shape index (κ2) is 7.26. The number of carbonyl (C=O) groups excluding carboxylic acids is 2. The van der Waals surface area contributed by atoms with Crippen molar-refractivity contribution < 1.29 is 9.59 Å². The van der Waals surface area contributed by atoms with Crippen LogP contribution < -0.4 is 16.6 Å². The van der Waals surface area contributed by atoms with Crippen molar-refractivity contribution in [2.45, 2.75) is 38.6 Å². The lowest BCUT2D eigenvalue weighted by atomic mass is 10.2. The summed E-state index contributed by atoms with van der Waals surface area (Å²) in [6, 6.07) is -0.416. The van der Waals surface area contributed by atoms with E-state index in [-0.39, 0.29) is 23.9 Å². The molecule has 0 radical (unpaired) electrons. The number of nitrogens with zero attached hydrogens (tertiary/aromatic N) is 2. The fraction of sp³-hybridized carbons (Fsp3) is 0.600. The number of aromatic nitrogens is 2. The van der Waals surface area contributed by atoms with Crippen LogP contribution in [0.15, 0.2) is 15.8 Å². The van der Waals surface area contributed by atoms with E-state index in [1.54, 1.807) is 11.8 Å². The highest BCUT2D eigenvalue weighted by molar-refractivity contribution is 5.88. The highest BCUT2D eigenvalue weighted by atomic mass is 16.2. The van der Waals surface area contributed by atoms with Gasteiger partial charge in [-0.3, -0.25) is 19.0 Å². The highest BCUT2D eigenvalue weighted by Gasteiger charge is 2.32. The number of likely N-dealkylation sites (tertiary alicyclic amines) is 1. The Morgan fingerprint density at radius 1 is 1.39 bits per heavy atom.